The van der Waals surface area contributed by atoms with Crippen LogP contribution in [-0.4, -0.2) is 35.7 Å². The summed E-state index contributed by atoms with van der Waals surface area (Å²) in [6.45, 7) is 3.08. The third kappa shape index (κ3) is 2.35. The van der Waals surface area contributed by atoms with E-state index in [1.807, 2.05) is 12.3 Å². The molecule has 0 amide bonds. The van der Waals surface area contributed by atoms with E-state index in [0.717, 1.165) is 13.2 Å². The maximum absolute atomic E-state index is 5.46. The first-order chi connectivity index (χ1) is 8.45. The molecule has 2 fully saturated rings. The minimum absolute atomic E-state index is 0.541. The van der Waals surface area contributed by atoms with E-state index in [0.29, 0.717) is 12.1 Å². The molecule has 0 spiro atoms. The Balaban J connectivity index is 1.75. The lowest BCUT2D eigenvalue weighted by Gasteiger charge is -2.35. The zero-order valence-electron chi connectivity index (χ0n) is 10.2. The Morgan fingerprint density at radius 2 is 2.06 bits per heavy atom. The van der Waals surface area contributed by atoms with Crippen molar-refractivity contribution >= 4 is 0 Å². The molecule has 3 rings (SSSR count). The van der Waals surface area contributed by atoms with Crippen LogP contribution in [0.4, 0.5) is 0 Å². The van der Waals surface area contributed by atoms with Gasteiger partial charge in [0.05, 0.1) is 11.7 Å². The van der Waals surface area contributed by atoms with Crippen LogP contribution in [0.1, 0.15) is 37.4 Å². The molecule has 0 radical (unpaired) electrons. The molecule has 0 N–H and O–H groups in total. The Hall–Kier alpha value is -0.930. The Morgan fingerprint density at radius 1 is 1.18 bits per heavy atom. The molecule has 1 aromatic heterocycles. The van der Waals surface area contributed by atoms with Crippen molar-refractivity contribution in [2.24, 2.45) is 0 Å². The van der Waals surface area contributed by atoms with Crippen molar-refractivity contribution in [3.63, 3.8) is 0 Å². The first kappa shape index (κ1) is 11.2. The summed E-state index contributed by atoms with van der Waals surface area (Å²) in [5.41, 5.74) is 1.25. The topological polar surface area (TPSA) is 25.4 Å². The third-order valence-electron chi connectivity index (χ3n) is 3.98. The quantitative estimate of drug-likeness (QED) is 0.783. The summed E-state index contributed by atoms with van der Waals surface area (Å²) in [6, 6.07) is 7.51. The van der Waals surface area contributed by atoms with Crippen LogP contribution in [0.15, 0.2) is 24.4 Å². The fourth-order valence-corrected chi connectivity index (χ4v) is 3.13. The van der Waals surface area contributed by atoms with Crippen LogP contribution >= 0.6 is 0 Å². The normalized spacial score (nSPS) is 27.4. The molecule has 1 atom stereocenters. The van der Waals surface area contributed by atoms with E-state index in [9.17, 15) is 0 Å². The second-order valence-electron chi connectivity index (χ2n) is 4.99. The molecule has 3 nitrogen and oxygen atoms in total. The lowest BCUT2D eigenvalue weighted by molar-refractivity contribution is 0.0285. The zero-order valence-corrected chi connectivity index (χ0v) is 10.2. The molecule has 0 aliphatic carbocycles. The van der Waals surface area contributed by atoms with Crippen molar-refractivity contribution in [1.29, 1.82) is 0 Å². The van der Waals surface area contributed by atoms with Crippen LogP contribution in [0.5, 0.6) is 0 Å². The van der Waals surface area contributed by atoms with Gasteiger partial charge in [0.2, 0.25) is 0 Å². The summed E-state index contributed by atoms with van der Waals surface area (Å²) in [5.74, 6) is 0. The number of aromatic nitrogens is 1. The molecule has 2 aliphatic heterocycles. The van der Waals surface area contributed by atoms with Gasteiger partial charge in [-0.15, -0.1) is 0 Å². The fraction of sp³-hybridized carbons (Fsp3) is 0.643. The van der Waals surface area contributed by atoms with Crippen molar-refractivity contribution in [1.82, 2.24) is 9.88 Å². The lowest BCUT2D eigenvalue weighted by atomic mass is 10.0. The predicted molar refractivity (Wildman–Crippen MR) is 66.8 cm³/mol. The highest BCUT2D eigenvalue weighted by molar-refractivity contribution is 5.11. The van der Waals surface area contributed by atoms with Crippen LogP contribution in [0, 0.1) is 0 Å². The highest BCUT2D eigenvalue weighted by Crippen LogP contribution is 2.34. The molecule has 1 aromatic rings. The number of hydrogen-bond donors (Lipinski definition) is 0. The van der Waals surface area contributed by atoms with Crippen LogP contribution in [0.3, 0.4) is 0 Å². The van der Waals surface area contributed by atoms with Gasteiger partial charge in [0.25, 0.3) is 0 Å². The van der Waals surface area contributed by atoms with Gasteiger partial charge >= 0.3 is 0 Å². The van der Waals surface area contributed by atoms with Gasteiger partial charge in [-0.1, -0.05) is 6.07 Å². The predicted octanol–water partition coefficient (Wildman–Crippen LogP) is 2.40. The molecule has 0 saturated carbocycles. The fourth-order valence-electron chi connectivity index (χ4n) is 3.13. The molecule has 0 bridgehead atoms. The summed E-state index contributed by atoms with van der Waals surface area (Å²) < 4.78 is 5.46. The molecule has 3 heteroatoms. The number of ether oxygens (including phenoxy) is 1. The van der Waals surface area contributed by atoms with Gasteiger partial charge in [0, 0.05) is 25.5 Å². The average Bonchev–Trinajstić information content (AvgIpc) is 2.90. The number of rotatable bonds is 2. The van der Waals surface area contributed by atoms with Crippen molar-refractivity contribution in [2.45, 2.75) is 37.8 Å². The van der Waals surface area contributed by atoms with E-state index in [2.05, 4.69) is 22.0 Å². The number of pyridine rings is 1. The van der Waals surface area contributed by atoms with E-state index in [1.165, 1.54) is 37.9 Å². The van der Waals surface area contributed by atoms with Crippen molar-refractivity contribution in [2.75, 3.05) is 19.8 Å². The molecule has 17 heavy (non-hydrogen) atoms. The van der Waals surface area contributed by atoms with E-state index < -0.39 is 0 Å². The number of nitrogens with zero attached hydrogens (tertiary/aromatic N) is 2. The van der Waals surface area contributed by atoms with Gasteiger partial charge in [0.15, 0.2) is 0 Å². The van der Waals surface area contributed by atoms with E-state index >= 15 is 0 Å². The molecule has 92 valence electrons. The van der Waals surface area contributed by atoms with Crippen molar-refractivity contribution < 1.29 is 4.74 Å². The van der Waals surface area contributed by atoms with E-state index in [1.54, 1.807) is 0 Å². The smallest absolute Gasteiger partial charge is 0.0575 e. The Bertz CT molecular complexity index is 348. The van der Waals surface area contributed by atoms with Crippen molar-refractivity contribution in [3.05, 3.63) is 30.1 Å². The molecule has 3 heterocycles. The maximum atomic E-state index is 5.46. The number of hydrogen-bond acceptors (Lipinski definition) is 3. The summed E-state index contributed by atoms with van der Waals surface area (Å²) >= 11 is 0. The number of likely N-dealkylation sites (tertiary alicyclic amines) is 1. The highest BCUT2D eigenvalue weighted by atomic mass is 16.5. The summed E-state index contributed by atoms with van der Waals surface area (Å²) in [4.78, 5) is 7.19. The van der Waals surface area contributed by atoms with Gasteiger partial charge in [-0.3, -0.25) is 9.88 Å². The summed E-state index contributed by atoms with van der Waals surface area (Å²) in [7, 11) is 0. The Kier molecular flexibility index (Phi) is 3.39. The zero-order chi connectivity index (χ0) is 11.5. The molecule has 0 unspecified atom stereocenters. The highest BCUT2D eigenvalue weighted by Gasteiger charge is 2.33. The van der Waals surface area contributed by atoms with Crippen molar-refractivity contribution in [3.8, 4) is 0 Å². The third-order valence-corrected chi connectivity index (χ3v) is 3.98. The minimum Gasteiger partial charge on any atom is -0.381 e. The van der Waals surface area contributed by atoms with Gasteiger partial charge in [-0.2, -0.15) is 0 Å². The second-order valence-corrected chi connectivity index (χ2v) is 4.99. The van der Waals surface area contributed by atoms with Crippen LogP contribution in [-0.2, 0) is 4.74 Å². The first-order valence-corrected chi connectivity index (χ1v) is 6.69. The molecule has 2 aliphatic rings. The van der Waals surface area contributed by atoms with Gasteiger partial charge in [-0.05, 0) is 44.4 Å². The van der Waals surface area contributed by atoms with E-state index in [-0.39, 0.29) is 0 Å². The largest absolute Gasteiger partial charge is 0.381 e. The lowest BCUT2D eigenvalue weighted by Crippen LogP contribution is -2.39. The van der Waals surface area contributed by atoms with Gasteiger partial charge in [0.1, 0.15) is 0 Å². The van der Waals surface area contributed by atoms with Crippen LogP contribution in [0.2, 0.25) is 0 Å². The monoisotopic (exact) mass is 232 g/mol. The first-order valence-electron chi connectivity index (χ1n) is 6.69. The second kappa shape index (κ2) is 5.15. The molecular formula is C14H20N2O. The van der Waals surface area contributed by atoms with Gasteiger partial charge < -0.3 is 4.74 Å². The van der Waals surface area contributed by atoms with E-state index in [4.69, 9.17) is 4.74 Å². The van der Waals surface area contributed by atoms with Gasteiger partial charge in [-0.25, -0.2) is 0 Å². The average molecular weight is 232 g/mol. The Labute approximate surface area is 103 Å². The minimum atomic E-state index is 0.541. The maximum Gasteiger partial charge on any atom is 0.0575 e. The van der Waals surface area contributed by atoms with Crippen LogP contribution in [0.25, 0.3) is 0 Å². The molecule has 2 saturated heterocycles. The van der Waals surface area contributed by atoms with Crippen LogP contribution < -0.4 is 0 Å². The molecule has 0 aromatic carbocycles. The Morgan fingerprint density at radius 3 is 2.82 bits per heavy atom. The standard InChI is InChI=1S/C14H20N2O/c1-2-8-15-13(4-1)14-5-3-9-16(14)12-6-10-17-11-7-12/h1-2,4,8,12,14H,3,5-7,9-11H2/t14-/m1/s1. The molecular weight excluding hydrogens is 212 g/mol. The summed E-state index contributed by atoms with van der Waals surface area (Å²) in [6.07, 6.45) is 6.84. The SMILES string of the molecule is c1ccc([C@H]2CCCN2C2CCOCC2)nc1. The summed E-state index contributed by atoms with van der Waals surface area (Å²) in [5, 5.41) is 0.